The molecule has 1 atom stereocenters. The zero-order valence-corrected chi connectivity index (χ0v) is 19.9. The largest absolute Gasteiger partial charge is 0.469 e. The van der Waals surface area contributed by atoms with Crippen LogP contribution in [-0.2, 0) is 18.6 Å². The first-order chi connectivity index (χ1) is 14.0. The highest BCUT2D eigenvalue weighted by Gasteiger charge is 2.18. The molecule has 0 aliphatic carbocycles. The normalized spacial score (nSPS) is 13.1. The maximum absolute atomic E-state index is 10.7. The molecule has 0 heterocycles. The fourth-order valence-electron chi connectivity index (χ4n) is 3.33. The monoisotopic (exact) mass is 438 g/mol. The van der Waals surface area contributed by atoms with Crippen molar-refractivity contribution in [2.24, 2.45) is 0 Å². The van der Waals surface area contributed by atoms with Gasteiger partial charge in [-0.25, -0.2) is 4.57 Å². The van der Waals surface area contributed by atoms with Gasteiger partial charge in [-0.3, -0.25) is 4.52 Å². The molecule has 0 aliphatic heterocycles. The van der Waals surface area contributed by atoms with Crippen LogP contribution in [0.1, 0.15) is 110 Å². The first-order valence-electron chi connectivity index (χ1n) is 11.8. The average Bonchev–Trinajstić information content (AvgIpc) is 2.68. The smallest absolute Gasteiger partial charge is 0.379 e. The van der Waals surface area contributed by atoms with Gasteiger partial charge < -0.3 is 19.3 Å². The Kier molecular flexibility index (Phi) is 21.3. The van der Waals surface area contributed by atoms with Crippen LogP contribution >= 0.6 is 7.82 Å². The van der Waals surface area contributed by atoms with E-state index in [0.29, 0.717) is 6.61 Å². The standard InChI is InChI=1S/C22H47O6P/c1-3-4-5-6-7-8-9-10-11-12-13-14-15-16-17-18-19-27-20-22(26-2)21-28-29(23,24)25/h22H,3-21H2,1-2H3,(H2,23,24,25)/t22-/m0/s1. The summed E-state index contributed by atoms with van der Waals surface area (Å²) in [7, 11) is -2.97. The van der Waals surface area contributed by atoms with Gasteiger partial charge >= 0.3 is 7.82 Å². The van der Waals surface area contributed by atoms with Crippen molar-refractivity contribution in [3.63, 3.8) is 0 Å². The molecule has 29 heavy (non-hydrogen) atoms. The molecule has 0 bridgehead atoms. The molecule has 0 fully saturated rings. The van der Waals surface area contributed by atoms with E-state index in [1.807, 2.05) is 0 Å². The molecule has 7 heteroatoms. The Morgan fingerprint density at radius 3 is 1.48 bits per heavy atom. The van der Waals surface area contributed by atoms with Crippen molar-refractivity contribution in [2.45, 2.75) is 116 Å². The zero-order valence-electron chi connectivity index (χ0n) is 19.0. The summed E-state index contributed by atoms with van der Waals surface area (Å²) in [6.07, 6.45) is 21.0. The molecule has 0 amide bonds. The van der Waals surface area contributed by atoms with Crippen molar-refractivity contribution in [2.75, 3.05) is 26.9 Å². The summed E-state index contributed by atoms with van der Waals surface area (Å²) in [5, 5.41) is 0. The molecule has 0 aromatic carbocycles. The Labute approximate surface area is 179 Å². The zero-order chi connectivity index (χ0) is 21.6. The minimum atomic E-state index is -4.45. The number of methoxy groups -OCH3 is 1. The lowest BCUT2D eigenvalue weighted by Gasteiger charge is -2.16. The van der Waals surface area contributed by atoms with E-state index < -0.39 is 13.9 Å². The lowest BCUT2D eigenvalue weighted by molar-refractivity contribution is -0.0201. The second-order valence-electron chi connectivity index (χ2n) is 8.02. The molecule has 0 rings (SSSR count). The van der Waals surface area contributed by atoms with Crippen LogP contribution in [0, 0.1) is 0 Å². The topological polar surface area (TPSA) is 85.2 Å². The molecule has 6 nitrogen and oxygen atoms in total. The summed E-state index contributed by atoms with van der Waals surface area (Å²) >= 11 is 0. The van der Waals surface area contributed by atoms with Crippen LogP contribution in [0.5, 0.6) is 0 Å². The predicted molar refractivity (Wildman–Crippen MR) is 119 cm³/mol. The number of phosphoric ester groups is 1. The molecule has 0 aliphatic rings. The maximum atomic E-state index is 10.7. The lowest BCUT2D eigenvalue weighted by atomic mass is 10.0. The van der Waals surface area contributed by atoms with Crippen LogP contribution in [0.2, 0.25) is 0 Å². The lowest BCUT2D eigenvalue weighted by Crippen LogP contribution is -2.24. The third-order valence-electron chi connectivity index (χ3n) is 5.21. The van der Waals surface area contributed by atoms with Gasteiger partial charge in [0.2, 0.25) is 0 Å². The molecular weight excluding hydrogens is 391 g/mol. The van der Waals surface area contributed by atoms with Crippen LogP contribution in [0.3, 0.4) is 0 Å². The van der Waals surface area contributed by atoms with E-state index in [4.69, 9.17) is 19.3 Å². The summed E-state index contributed by atoms with van der Waals surface area (Å²) in [5.74, 6) is 0. The van der Waals surface area contributed by atoms with Crippen LogP contribution in [0.25, 0.3) is 0 Å². The third kappa shape index (κ3) is 24.2. The first kappa shape index (κ1) is 29.0. The quantitative estimate of drug-likeness (QED) is 0.142. The summed E-state index contributed by atoms with van der Waals surface area (Å²) < 4.78 is 25.7. The minimum Gasteiger partial charge on any atom is -0.379 e. The summed E-state index contributed by atoms with van der Waals surface area (Å²) in [6, 6.07) is 0. The second kappa shape index (κ2) is 21.3. The SMILES string of the molecule is CCCCCCCCCCCCCCCCCCOC[C@@H](COP(=O)(O)O)OC. The van der Waals surface area contributed by atoms with E-state index in [1.54, 1.807) is 0 Å². The fraction of sp³-hybridized carbons (Fsp3) is 1.00. The third-order valence-corrected chi connectivity index (χ3v) is 5.69. The highest BCUT2D eigenvalue weighted by molar-refractivity contribution is 7.46. The van der Waals surface area contributed by atoms with E-state index in [-0.39, 0.29) is 13.2 Å². The molecule has 0 radical (unpaired) electrons. The number of hydrogen-bond acceptors (Lipinski definition) is 4. The van der Waals surface area contributed by atoms with E-state index in [2.05, 4.69) is 11.4 Å². The first-order valence-corrected chi connectivity index (χ1v) is 13.3. The molecule has 0 aromatic rings. The molecule has 0 aromatic heterocycles. The number of ether oxygens (including phenoxy) is 2. The van der Waals surface area contributed by atoms with Crippen molar-refractivity contribution in [3.8, 4) is 0 Å². The predicted octanol–water partition coefficient (Wildman–Crippen LogP) is 6.39. The van der Waals surface area contributed by atoms with Gasteiger partial charge in [-0.05, 0) is 6.42 Å². The Balaban J connectivity index is 3.22. The Hall–Kier alpha value is 0.0300. The van der Waals surface area contributed by atoms with Crippen LogP contribution < -0.4 is 0 Å². The van der Waals surface area contributed by atoms with E-state index in [9.17, 15) is 4.57 Å². The fourth-order valence-corrected chi connectivity index (χ4v) is 3.69. The van der Waals surface area contributed by atoms with Crippen molar-refractivity contribution in [1.29, 1.82) is 0 Å². The van der Waals surface area contributed by atoms with Gasteiger partial charge in [0.15, 0.2) is 0 Å². The van der Waals surface area contributed by atoms with E-state index in [1.165, 1.54) is 97.0 Å². The van der Waals surface area contributed by atoms with Crippen LogP contribution in [-0.4, -0.2) is 42.8 Å². The molecule has 0 unspecified atom stereocenters. The van der Waals surface area contributed by atoms with Crippen LogP contribution in [0.15, 0.2) is 0 Å². The Bertz CT molecular complexity index is 374. The number of phosphoric acid groups is 1. The molecule has 176 valence electrons. The van der Waals surface area contributed by atoms with Crippen molar-refractivity contribution in [1.82, 2.24) is 0 Å². The van der Waals surface area contributed by atoms with Crippen molar-refractivity contribution >= 4 is 7.82 Å². The highest BCUT2D eigenvalue weighted by Crippen LogP contribution is 2.35. The van der Waals surface area contributed by atoms with Gasteiger partial charge in [-0.15, -0.1) is 0 Å². The average molecular weight is 439 g/mol. The van der Waals surface area contributed by atoms with Crippen molar-refractivity contribution < 1.29 is 28.3 Å². The van der Waals surface area contributed by atoms with Gasteiger partial charge in [0.05, 0.1) is 13.2 Å². The molecule has 0 spiro atoms. The summed E-state index contributed by atoms with van der Waals surface area (Å²) in [5.41, 5.74) is 0. The molecule has 0 saturated heterocycles. The summed E-state index contributed by atoms with van der Waals surface area (Å²) in [6.45, 7) is 3.04. The van der Waals surface area contributed by atoms with Gasteiger partial charge in [-0.1, -0.05) is 103 Å². The maximum Gasteiger partial charge on any atom is 0.469 e. The van der Waals surface area contributed by atoms with Gasteiger partial charge in [-0.2, -0.15) is 0 Å². The Morgan fingerprint density at radius 1 is 0.690 bits per heavy atom. The number of hydrogen-bond donors (Lipinski definition) is 2. The van der Waals surface area contributed by atoms with Gasteiger partial charge in [0.1, 0.15) is 6.10 Å². The van der Waals surface area contributed by atoms with Gasteiger partial charge in [0.25, 0.3) is 0 Å². The summed E-state index contributed by atoms with van der Waals surface area (Å²) in [4.78, 5) is 17.4. The number of rotatable bonds is 23. The van der Waals surface area contributed by atoms with E-state index in [0.717, 1.165) is 12.8 Å². The molecular formula is C22H47O6P. The molecule has 0 saturated carbocycles. The minimum absolute atomic E-state index is 0.167. The van der Waals surface area contributed by atoms with Crippen LogP contribution in [0.4, 0.5) is 0 Å². The van der Waals surface area contributed by atoms with Gasteiger partial charge in [0, 0.05) is 13.7 Å². The van der Waals surface area contributed by atoms with E-state index >= 15 is 0 Å². The Morgan fingerprint density at radius 2 is 1.10 bits per heavy atom. The second-order valence-corrected chi connectivity index (χ2v) is 9.26. The molecule has 2 N–H and O–H groups in total. The highest BCUT2D eigenvalue weighted by atomic mass is 31.2. The number of unbranched alkanes of at least 4 members (excludes halogenated alkanes) is 15. The van der Waals surface area contributed by atoms with Crippen molar-refractivity contribution in [3.05, 3.63) is 0 Å².